The van der Waals surface area contributed by atoms with Crippen molar-refractivity contribution in [2.24, 2.45) is 0 Å². The van der Waals surface area contributed by atoms with Crippen molar-refractivity contribution >= 4 is 28.2 Å². The van der Waals surface area contributed by atoms with E-state index in [1.54, 1.807) is 17.9 Å². The average Bonchev–Trinajstić information content (AvgIpc) is 2.19. The average molecular weight is 306 g/mol. The fourth-order valence-corrected chi connectivity index (χ4v) is 1.44. The molecule has 1 rings (SSSR count). The van der Waals surface area contributed by atoms with E-state index in [-0.39, 0.29) is 11.3 Å². The van der Waals surface area contributed by atoms with Crippen LogP contribution in [0.3, 0.4) is 0 Å². The minimum absolute atomic E-state index is 0.0221. The molecular formula is C10H11IO3. The van der Waals surface area contributed by atoms with E-state index in [9.17, 15) is 9.90 Å². The van der Waals surface area contributed by atoms with E-state index in [0.29, 0.717) is 11.3 Å². The highest BCUT2D eigenvalue weighted by atomic mass is 127. The molecule has 0 aliphatic carbocycles. The van der Waals surface area contributed by atoms with Crippen LogP contribution in [0.1, 0.15) is 23.8 Å². The summed E-state index contributed by atoms with van der Waals surface area (Å²) in [5, 5.41) is 9.62. The summed E-state index contributed by atoms with van der Waals surface area (Å²) >= 11 is 2.06. The van der Waals surface area contributed by atoms with Crippen molar-refractivity contribution in [2.45, 2.75) is 20.8 Å². The van der Waals surface area contributed by atoms with Gasteiger partial charge < -0.3 is 9.52 Å². The lowest BCUT2D eigenvalue weighted by molar-refractivity contribution is 0.428. The van der Waals surface area contributed by atoms with Crippen LogP contribution in [0.15, 0.2) is 13.3 Å². The Balaban J connectivity index is 3.57. The van der Waals surface area contributed by atoms with Gasteiger partial charge in [-0.25, -0.2) is 4.79 Å². The Bertz CT molecular complexity index is 443. The molecule has 1 aromatic heterocycles. The predicted octanol–water partition coefficient (Wildman–Crippen LogP) is 2.76. The van der Waals surface area contributed by atoms with E-state index in [1.165, 1.54) is 0 Å². The van der Waals surface area contributed by atoms with Crippen molar-refractivity contribution in [2.75, 3.05) is 0 Å². The number of hydrogen-bond acceptors (Lipinski definition) is 3. The van der Waals surface area contributed by atoms with E-state index in [1.807, 2.05) is 6.92 Å². The van der Waals surface area contributed by atoms with Gasteiger partial charge in [-0.2, -0.15) is 0 Å². The molecule has 1 aromatic rings. The zero-order chi connectivity index (χ0) is 10.9. The van der Waals surface area contributed by atoms with Gasteiger partial charge in [-0.05, 0) is 30.4 Å². The number of allylic oxidation sites excluding steroid dienone is 1. The molecule has 0 bridgehead atoms. The van der Waals surface area contributed by atoms with Crippen LogP contribution in [0.2, 0.25) is 0 Å². The SMILES string of the molecule is C/C(=C/I)c1oc(=O)c(C)c(O)c1C. The second-order valence-corrected chi connectivity index (χ2v) is 3.73. The molecule has 0 aliphatic heterocycles. The summed E-state index contributed by atoms with van der Waals surface area (Å²) < 4.78 is 6.89. The third kappa shape index (κ3) is 1.84. The van der Waals surface area contributed by atoms with Crippen LogP contribution >= 0.6 is 22.6 Å². The molecule has 0 saturated carbocycles. The molecule has 0 unspecified atom stereocenters. The van der Waals surface area contributed by atoms with Crippen molar-refractivity contribution in [3.8, 4) is 5.75 Å². The van der Waals surface area contributed by atoms with Gasteiger partial charge in [-0.1, -0.05) is 22.6 Å². The molecule has 0 aromatic carbocycles. The lowest BCUT2D eigenvalue weighted by atomic mass is 10.1. The Hall–Kier alpha value is -0.780. The van der Waals surface area contributed by atoms with E-state index in [2.05, 4.69) is 22.6 Å². The van der Waals surface area contributed by atoms with Gasteiger partial charge in [0.1, 0.15) is 11.5 Å². The standard InChI is InChI=1S/C10H11IO3/c1-5(4-11)9-6(2)8(12)7(3)10(13)14-9/h4,12H,1-3H3/b5-4-. The van der Waals surface area contributed by atoms with E-state index >= 15 is 0 Å². The first-order valence-corrected chi connectivity index (χ1v) is 5.34. The maximum Gasteiger partial charge on any atom is 0.342 e. The van der Waals surface area contributed by atoms with Crippen LogP contribution in [-0.2, 0) is 0 Å². The maximum atomic E-state index is 11.3. The molecule has 0 radical (unpaired) electrons. The molecule has 1 heterocycles. The fourth-order valence-electron chi connectivity index (χ4n) is 1.16. The van der Waals surface area contributed by atoms with E-state index in [0.717, 1.165) is 5.57 Å². The molecule has 0 aliphatic rings. The molecule has 76 valence electrons. The quantitative estimate of drug-likeness (QED) is 0.812. The van der Waals surface area contributed by atoms with Gasteiger partial charge in [-0.15, -0.1) is 0 Å². The van der Waals surface area contributed by atoms with E-state index in [4.69, 9.17) is 4.42 Å². The first kappa shape index (κ1) is 11.3. The van der Waals surface area contributed by atoms with Crippen LogP contribution < -0.4 is 5.63 Å². The van der Waals surface area contributed by atoms with Gasteiger partial charge in [0.25, 0.3) is 0 Å². The topological polar surface area (TPSA) is 50.4 Å². The number of hydrogen-bond donors (Lipinski definition) is 1. The van der Waals surface area contributed by atoms with Gasteiger partial charge >= 0.3 is 5.63 Å². The van der Waals surface area contributed by atoms with Gasteiger partial charge in [0, 0.05) is 5.56 Å². The molecule has 1 N–H and O–H groups in total. The second kappa shape index (κ2) is 4.16. The summed E-state index contributed by atoms with van der Waals surface area (Å²) in [5.41, 5.74) is 1.20. The molecule has 0 atom stereocenters. The largest absolute Gasteiger partial charge is 0.507 e. The van der Waals surface area contributed by atoms with Crippen molar-refractivity contribution in [1.29, 1.82) is 0 Å². The maximum absolute atomic E-state index is 11.3. The second-order valence-electron chi connectivity index (χ2n) is 3.11. The van der Waals surface area contributed by atoms with Crippen LogP contribution in [0.5, 0.6) is 5.75 Å². The Morgan fingerprint density at radius 1 is 1.43 bits per heavy atom. The first-order valence-electron chi connectivity index (χ1n) is 4.09. The molecule has 0 spiro atoms. The van der Waals surface area contributed by atoms with Crippen molar-refractivity contribution in [1.82, 2.24) is 0 Å². The molecule has 0 saturated heterocycles. The normalized spacial score (nSPS) is 11.9. The summed E-state index contributed by atoms with van der Waals surface area (Å²) in [5.74, 6) is 0.473. The first-order chi connectivity index (χ1) is 6.49. The lowest BCUT2D eigenvalue weighted by Gasteiger charge is -2.07. The smallest absolute Gasteiger partial charge is 0.342 e. The highest BCUT2D eigenvalue weighted by molar-refractivity contribution is 14.1. The summed E-state index contributed by atoms with van der Waals surface area (Å²) in [7, 11) is 0. The molecule has 4 heteroatoms. The monoisotopic (exact) mass is 306 g/mol. The Morgan fingerprint density at radius 2 is 2.00 bits per heavy atom. The van der Waals surface area contributed by atoms with Crippen LogP contribution in [0.25, 0.3) is 5.57 Å². The van der Waals surface area contributed by atoms with Crippen molar-refractivity contribution in [3.05, 3.63) is 31.4 Å². The molecule has 3 nitrogen and oxygen atoms in total. The van der Waals surface area contributed by atoms with Crippen LogP contribution in [0.4, 0.5) is 0 Å². The highest BCUT2D eigenvalue weighted by Gasteiger charge is 2.13. The summed E-state index contributed by atoms with van der Waals surface area (Å²) in [4.78, 5) is 11.3. The highest BCUT2D eigenvalue weighted by Crippen LogP contribution is 2.26. The number of rotatable bonds is 1. The third-order valence-electron chi connectivity index (χ3n) is 2.07. The molecule has 14 heavy (non-hydrogen) atoms. The lowest BCUT2D eigenvalue weighted by Crippen LogP contribution is -2.06. The molecule has 0 fully saturated rings. The zero-order valence-electron chi connectivity index (χ0n) is 8.22. The molecule has 0 amide bonds. The summed E-state index contributed by atoms with van der Waals surface area (Å²) in [6.45, 7) is 5.10. The van der Waals surface area contributed by atoms with Crippen LogP contribution in [-0.4, -0.2) is 5.11 Å². The van der Waals surface area contributed by atoms with E-state index < -0.39 is 5.63 Å². The number of halogens is 1. The van der Waals surface area contributed by atoms with Gasteiger partial charge in [0.15, 0.2) is 0 Å². The Morgan fingerprint density at radius 3 is 2.50 bits per heavy atom. The Labute approximate surface area is 95.6 Å². The molecular weight excluding hydrogens is 295 g/mol. The Kier molecular flexibility index (Phi) is 3.36. The fraction of sp³-hybridized carbons (Fsp3) is 0.300. The predicted molar refractivity (Wildman–Crippen MR) is 63.8 cm³/mol. The van der Waals surface area contributed by atoms with Gasteiger partial charge in [0.2, 0.25) is 0 Å². The minimum Gasteiger partial charge on any atom is -0.507 e. The zero-order valence-corrected chi connectivity index (χ0v) is 10.4. The third-order valence-corrected chi connectivity index (χ3v) is 3.01. The summed E-state index contributed by atoms with van der Waals surface area (Å²) in [6, 6.07) is 0. The minimum atomic E-state index is -0.485. The van der Waals surface area contributed by atoms with Crippen molar-refractivity contribution < 1.29 is 9.52 Å². The van der Waals surface area contributed by atoms with Gasteiger partial charge in [-0.3, -0.25) is 0 Å². The number of aromatic hydroxyl groups is 1. The van der Waals surface area contributed by atoms with Gasteiger partial charge in [0.05, 0.1) is 5.56 Å². The van der Waals surface area contributed by atoms with Crippen molar-refractivity contribution in [3.63, 3.8) is 0 Å². The van der Waals surface area contributed by atoms with Crippen LogP contribution in [0, 0.1) is 13.8 Å². The summed E-state index contributed by atoms with van der Waals surface area (Å²) in [6.07, 6.45) is 0.